The molecule has 0 heterocycles. The van der Waals surface area contributed by atoms with Crippen molar-refractivity contribution in [2.45, 2.75) is 26.2 Å². The van der Waals surface area contributed by atoms with Crippen LogP contribution in [0.4, 0.5) is 5.69 Å². The van der Waals surface area contributed by atoms with Gasteiger partial charge in [0.25, 0.3) is 5.91 Å². The molecule has 0 saturated heterocycles. The lowest BCUT2D eigenvalue weighted by Gasteiger charge is -2.12. The van der Waals surface area contributed by atoms with Crippen molar-refractivity contribution < 1.29 is 14.3 Å². The van der Waals surface area contributed by atoms with Crippen LogP contribution in [0.2, 0.25) is 0 Å². The van der Waals surface area contributed by atoms with Crippen LogP contribution in [-0.2, 0) is 0 Å². The van der Waals surface area contributed by atoms with E-state index in [1.54, 1.807) is 19.2 Å². The molecule has 23 heavy (non-hydrogen) atoms. The summed E-state index contributed by atoms with van der Waals surface area (Å²) >= 11 is 0. The predicted octanol–water partition coefficient (Wildman–Crippen LogP) is 4.52. The van der Waals surface area contributed by atoms with E-state index >= 15 is 0 Å². The number of methoxy groups -OCH3 is 1. The third-order valence-corrected chi connectivity index (χ3v) is 3.46. The largest absolute Gasteiger partial charge is 0.497 e. The first-order chi connectivity index (χ1) is 11.2. The highest BCUT2D eigenvalue weighted by Crippen LogP contribution is 2.22. The van der Waals surface area contributed by atoms with E-state index in [4.69, 9.17) is 9.47 Å². The topological polar surface area (TPSA) is 47.6 Å². The van der Waals surface area contributed by atoms with Crippen molar-refractivity contribution in [3.8, 4) is 11.5 Å². The number of unbranched alkanes of at least 4 members (excludes halogenated alkanes) is 2. The minimum atomic E-state index is -0.190. The molecule has 0 aliphatic heterocycles. The highest BCUT2D eigenvalue weighted by molar-refractivity contribution is 6.06. The number of para-hydroxylation sites is 1. The summed E-state index contributed by atoms with van der Waals surface area (Å²) in [6, 6.07) is 14.6. The Kier molecular flexibility index (Phi) is 6.48. The lowest BCUT2D eigenvalue weighted by atomic mass is 10.1. The molecule has 0 fully saturated rings. The van der Waals surface area contributed by atoms with E-state index in [1.165, 1.54) is 0 Å². The molecule has 2 aromatic carbocycles. The summed E-state index contributed by atoms with van der Waals surface area (Å²) in [5.74, 6) is 1.13. The number of nitrogens with one attached hydrogen (secondary N) is 1. The molecule has 1 N–H and O–H groups in total. The molecule has 2 aromatic rings. The normalized spacial score (nSPS) is 10.2. The first kappa shape index (κ1) is 16.9. The quantitative estimate of drug-likeness (QED) is 0.729. The molecule has 0 spiro atoms. The third kappa shape index (κ3) is 5.02. The SMILES string of the molecule is CCCCCOc1ccccc1C(=O)Nc1cccc(OC)c1. The number of rotatable bonds is 8. The Morgan fingerprint density at radius 1 is 1.09 bits per heavy atom. The number of carbonyl (C=O) groups excluding carboxylic acids is 1. The number of amides is 1. The molecule has 4 nitrogen and oxygen atoms in total. The van der Waals surface area contributed by atoms with Gasteiger partial charge in [0.05, 0.1) is 19.3 Å². The molecule has 1 amide bonds. The molecule has 0 aromatic heterocycles. The van der Waals surface area contributed by atoms with E-state index in [0.29, 0.717) is 29.4 Å². The predicted molar refractivity (Wildman–Crippen MR) is 92.4 cm³/mol. The lowest BCUT2D eigenvalue weighted by molar-refractivity contribution is 0.102. The summed E-state index contributed by atoms with van der Waals surface area (Å²) < 4.78 is 10.9. The van der Waals surface area contributed by atoms with Gasteiger partial charge in [0.2, 0.25) is 0 Å². The zero-order chi connectivity index (χ0) is 16.5. The fourth-order valence-electron chi connectivity index (χ4n) is 2.21. The van der Waals surface area contributed by atoms with Gasteiger partial charge in [-0.15, -0.1) is 0 Å². The van der Waals surface area contributed by atoms with Crippen LogP contribution in [0.5, 0.6) is 11.5 Å². The van der Waals surface area contributed by atoms with Crippen LogP contribution in [0, 0.1) is 0 Å². The van der Waals surface area contributed by atoms with Crippen LogP contribution in [-0.4, -0.2) is 19.6 Å². The van der Waals surface area contributed by atoms with Crippen molar-refractivity contribution in [1.82, 2.24) is 0 Å². The van der Waals surface area contributed by atoms with Crippen molar-refractivity contribution in [3.63, 3.8) is 0 Å². The number of ether oxygens (including phenoxy) is 2. The average molecular weight is 313 g/mol. The van der Waals surface area contributed by atoms with Gasteiger partial charge >= 0.3 is 0 Å². The maximum atomic E-state index is 12.5. The van der Waals surface area contributed by atoms with Gasteiger partial charge in [0, 0.05) is 11.8 Å². The first-order valence-electron chi connectivity index (χ1n) is 7.92. The first-order valence-corrected chi connectivity index (χ1v) is 7.92. The molecule has 0 atom stereocenters. The van der Waals surface area contributed by atoms with Crippen molar-refractivity contribution in [1.29, 1.82) is 0 Å². The summed E-state index contributed by atoms with van der Waals surface area (Å²) in [5, 5.41) is 2.88. The van der Waals surface area contributed by atoms with Gasteiger partial charge in [-0.2, -0.15) is 0 Å². The Bertz CT molecular complexity index is 640. The Morgan fingerprint density at radius 2 is 1.91 bits per heavy atom. The monoisotopic (exact) mass is 313 g/mol. The van der Waals surface area contributed by atoms with E-state index in [0.717, 1.165) is 19.3 Å². The Morgan fingerprint density at radius 3 is 2.70 bits per heavy atom. The number of anilines is 1. The number of hydrogen-bond donors (Lipinski definition) is 1. The van der Waals surface area contributed by atoms with Crippen molar-refractivity contribution in [2.75, 3.05) is 19.0 Å². The van der Waals surface area contributed by atoms with Gasteiger partial charge < -0.3 is 14.8 Å². The van der Waals surface area contributed by atoms with E-state index in [-0.39, 0.29) is 5.91 Å². The summed E-state index contributed by atoms with van der Waals surface area (Å²) in [6.07, 6.45) is 3.25. The molecule has 2 rings (SSSR count). The van der Waals surface area contributed by atoms with Gasteiger partial charge in [0.15, 0.2) is 0 Å². The van der Waals surface area contributed by atoms with Gasteiger partial charge in [0.1, 0.15) is 11.5 Å². The minimum absolute atomic E-state index is 0.190. The second-order valence-corrected chi connectivity index (χ2v) is 5.24. The molecule has 4 heteroatoms. The van der Waals surface area contributed by atoms with E-state index in [1.807, 2.05) is 36.4 Å². The minimum Gasteiger partial charge on any atom is -0.497 e. The second kappa shape index (κ2) is 8.83. The van der Waals surface area contributed by atoms with Crippen LogP contribution < -0.4 is 14.8 Å². The van der Waals surface area contributed by atoms with Gasteiger partial charge in [-0.1, -0.05) is 38.0 Å². The number of hydrogen-bond acceptors (Lipinski definition) is 3. The highest BCUT2D eigenvalue weighted by atomic mass is 16.5. The van der Waals surface area contributed by atoms with Crippen LogP contribution >= 0.6 is 0 Å². The van der Waals surface area contributed by atoms with E-state index in [2.05, 4.69) is 12.2 Å². The second-order valence-electron chi connectivity index (χ2n) is 5.24. The zero-order valence-electron chi connectivity index (χ0n) is 13.7. The lowest BCUT2D eigenvalue weighted by Crippen LogP contribution is -2.14. The summed E-state index contributed by atoms with van der Waals surface area (Å²) in [7, 11) is 1.60. The number of carbonyl (C=O) groups is 1. The smallest absolute Gasteiger partial charge is 0.259 e. The Labute approximate surface area is 137 Å². The summed E-state index contributed by atoms with van der Waals surface area (Å²) in [4.78, 5) is 12.5. The average Bonchev–Trinajstić information content (AvgIpc) is 2.59. The standard InChI is InChI=1S/C19H23NO3/c1-3-4-7-13-23-18-12-6-5-11-17(18)19(21)20-15-9-8-10-16(14-15)22-2/h5-6,8-12,14H,3-4,7,13H2,1-2H3,(H,20,21). The van der Waals surface area contributed by atoms with Crippen LogP contribution in [0.15, 0.2) is 48.5 Å². The van der Waals surface area contributed by atoms with Gasteiger partial charge in [-0.3, -0.25) is 4.79 Å². The molecule has 0 bridgehead atoms. The van der Waals surface area contributed by atoms with Crippen LogP contribution in [0.25, 0.3) is 0 Å². The molecule has 0 saturated carbocycles. The molecular formula is C19H23NO3. The van der Waals surface area contributed by atoms with Crippen molar-refractivity contribution in [2.24, 2.45) is 0 Å². The zero-order valence-corrected chi connectivity index (χ0v) is 13.7. The van der Waals surface area contributed by atoms with Gasteiger partial charge in [-0.25, -0.2) is 0 Å². The van der Waals surface area contributed by atoms with Crippen molar-refractivity contribution >= 4 is 11.6 Å². The maximum absolute atomic E-state index is 12.5. The maximum Gasteiger partial charge on any atom is 0.259 e. The molecule has 0 unspecified atom stereocenters. The van der Waals surface area contributed by atoms with Crippen molar-refractivity contribution in [3.05, 3.63) is 54.1 Å². The highest BCUT2D eigenvalue weighted by Gasteiger charge is 2.12. The Balaban J connectivity index is 2.06. The molecule has 0 radical (unpaired) electrons. The van der Waals surface area contributed by atoms with Crippen LogP contribution in [0.3, 0.4) is 0 Å². The molecule has 0 aliphatic rings. The van der Waals surface area contributed by atoms with E-state index < -0.39 is 0 Å². The summed E-state index contributed by atoms with van der Waals surface area (Å²) in [6.45, 7) is 2.77. The van der Waals surface area contributed by atoms with Gasteiger partial charge in [-0.05, 0) is 30.7 Å². The fraction of sp³-hybridized carbons (Fsp3) is 0.316. The Hall–Kier alpha value is -2.49. The van der Waals surface area contributed by atoms with Crippen LogP contribution in [0.1, 0.15) is 36.5 Å². The fourth-order valence-corrected chi connectivity index (χ4v) is 2.21. The number of benzene rings is 2. The molecular weight excluding hydrogens is 290 g/mol. The molecule has 0 aliphatic carbocycles. The summed E-state index contributed by atoms with van der Waals surface area (Å²) in [5.41, 5.74) is 1.22. The van der Waals surface area contributed by atoms with E-state index in [9.17, 15) is 4.79 Å². The molecule has 122 valence electrons. The third-order valence-electron chi connectivity index (χ3n) is 3.46.